The van der Waals surface area contributed by atoms with Gasteiger partial charge >= 0.3 is 0 Å². The van der Waals surface area contributed by atoms with Crippen molar-refractivity contribution in [1.29, 1.82) is 0 Å². The number of nitrogens with zero attached hydrogens (tertiary/aromatic N) is 3. The molecule has 314 valence electrons. The van der Waals surface area contributed by atoms with E-state index in [9.17, 15) is 8.78 Å². The lowest BCUT2D eigenvalue weighted by atomic mass is 10.1. The maximum absolute atomic E-state index is 14.7. The number of benzene rings is 10. The Balaban J connectivity index is 1.13. The van der Waals surface area contributed by atoms with Crippen molar-refractivity contribution in [1.82, 2.24) is 9.13 Å². The molecule has 0 atom stereocenters. The standard InChI is InChI=1S/C60H41F2N3Si/c61-42-25-29-45(30-26-42)63(47-33-36-58-54(39-47)53-23-13-14-24-57(53)64(58)44-15-5-1-6-16-44)48-34-37-59-55(40-48)56-41-52(35-38-60(56)65(59)46-31-27-43(62)28-32-46)66(49-17-7-2-8-18-49,50-19-9-3-10-20-50)51-21-11-4-12-22-51/h1-41H. The fraction of sp³-hybridized carbons (Fsp3) is 0. The average Bonchev–Trinajstić information content (AvgIpc) is 3.88. The van der Waals surface area contributed by atoms with Crippen LogP contribution in [0.3, 0.4) is 0 Å². The van der Waals surface area contributed by atoms with Crippen LogP contribution in [0.25, 0.3) is 55.0 Å². The predicted octanol–water partition coefficient (Wildman–Crippen LogP) is 13.0. The zero-order chi connectivity index (χ0) is 44.2. The lowest BCUT2D eigenvalue weighted by Crippen LogP contribution is -2.74. The van der Waals surface area contributed by atoms with Gasteiger partial charge in [0, 0.05) is 50.0 Å². The van der Waals surface area contributed by atoms with Crippen LogP contribution in [0.2, 0.25) is 0 Å². The Labute approximate surface area is 382 Å². The third-order valence-corrected chi connectivity index (χ3v) is 17.9. The van der Waals surface area contributed by atoms with Gasteiger partial charge in [0.1, 0.15) is 11.6 Å². The summed E-state index contributed by atoms with van der Waals surface area (Å²) in [6.45, 7) is 0. The van der Waals surface area contributed by atoms with Crippen LogP contribution >= 0.6 is 0 Å². The molecule has 2 heterocycles. The van der Waals surface area contributed by atoms with Crippen LogP contribution in [0.5, 0.6) is 0 Å². The molecule has 2 aromatic heterocycles. The molecule has 0 unspecified atom stereocenters. The van der Waals surface area contributed by atoms with Crippen molar-refractivity contribution in [3.05, 3.63) is 260 Å². The Bertz CT molecular complexity index is 3600. The first-order chi connectivity index (χ1) is 32.6. The minimum Gasteiger partial charge on any atom is -0.310 e. The molecular weight excluding hydrogens is 829 g/mol. The summed E-state index contributed by atoms with van der Waals surface area (Å²) < 4.78 is 33.8. The smallest absolute Gasteiger partial charge is 0.179 e. The van der Waals surface area contributed by atoms with Crippen LogP contribution in [-0.4, -0.2) is 17.2 Å². The molecule has 12 rings (SSSR count). The fourth-order valence-electron chi connectivity index (χ4n) is 10.3. The first kappa shape index (κ1) is 39.3. The van der Waals surface area contributed by atoms with Gasteiger partial charge in [-0.2, -0.15) is 0 Å². The topological polar surface area (TPSA) is 13.1 Å². The third-order valence-electron chi connectivity index (χ3n) is 13.2. The zero-order valence-electron chi connectivity index (χ0n) is 35.8. The Kier molecular flexibility index (Phi) is 9.54. The molecule has 10 aromatic carbocycles. The molecule has 0 spiro atoms. The number of anilines is 3. The average molecular weight is 870 g/mol. The second-order valence-electron chi connectivity index (χ2n) is 16.8. The van der Waals surface area contributed by atoms with E-state index in [-0.39, 0.29) is 11.6 Å². The molecule has 66 heavy (non-hydrogen) atoms. The summed E-state index contributed by atoms with van der Waals surface area (Å²) in [5.74, 6) is -0.583. The Morgan fingerprint density at radius 3 is 1.20 bits per heavy atom. The number of hydrogen-bond acceptors (Lipinski definition) is 1. The molecule has 0 N–H and O–H groups in total. The molecule has 0 saturated heterocycles. The fourth-order valence-corrected chi connectivity index (χ4v) is 15.1. The lowest BCUT2D eigenvalue weighted by Gasteiger charge is -2.34. The van der Waals surface area contributed by atoms with Gasteiger partial charge in [0.15, 0.2) is 8.07 Å². The Morgan fingerprint density at radius 2 is 0.667 bits per heavy atom. The molecule has 0 aliphatic heterocycles. The van der Waals surface area contributed by atoms with E-state index in [0.717, 1.165) is 72.0 Å². The van der Waals surface area contributed by atoms with Gasteiger partial charge in [0.25, 0.3) is 0 Å². The minimum absolute atomic E-state index is 0.285. The number of aromatic nitrogens is 2. The third kappa shape index (κ3) is 6.37. The van der Waals surface area contributed by atoms with Crippen LogP contribution in [0, 0.1) is 11.6 Å². The number of rotatable bonds is 9. The van der Waals surface area contributed by atoms with Crippen molar-refractivity contribution in [3.63, 3.8) is 0 Å². The summed E-state index contributed by atoms with van der Waals surface area (Å²) in [4.78, 5) is 2.22. The van der Waals surface area contributed by atoms with Crippen molar-refractivity contribution in [2.75, 3.05) is 4.90 Å². The SMILES string of the molecule is Fc1ccc(N(c2ccc3c(c2)c2ccccc2n3-c2ccccc2)c2ccc3c(c2)c2cc([Si](c4ccccc4)(c4ccccc4)c4ccccc4)ccc2n3-c2ccc(F)cc2)cc1. The van der Waals surface area contributed by atoms with E-state index in [0.29, 0.717) is 0 Å². The maximum Gasteiger partial charge on any atom is 0.179 e. The molecule has 6 heteroatoms. The molecule has 0 aliphatic rings. The van der Waals surface area contributed by atoms with Gasteiger partial charge in [-0.3, -0.25) is 0 Å². The lowest BCUT2D eigenvalue weighted by molar-refractivity contribution is 0.627. The van der Waals surface area contributed by atoms with Gasteiger partial charge in [-0.15, -0.1) is 0 Å². The van der Waals surface area contributed by atoms with Gasteiger partial charge in [-0.05, 0) is 130 Å². The second kappa shape index (κ2) is 16.0. The summed E-state index contributed by atoms with van der Waals surface area (Å²) in [5.41, 5.74) is 8.86. The van der Waals surface area contributed by atoms with Crippen molar-refractivity contribution in [3.8, 4) is 11.4 Å². The summed E-state index contributed by atoms with van der Waals surface area (Å²) >= 11 is 0. The van der Waals surface area contributed by atoms with Gasteiger partial charge in [-0.25, -0.2) is 8.78 Å². The molecule has 3 nitrogen and oxygen atoms in total. The number of fused-ring (bicyclic) bond motifs is 6. The van der Waals surface area contributed by atoms with Gasteiger partial charge < -0.3 is 14.0 Å². The van der Waals surface area contributed by atoms with E-state index in [2.05, 4.69) is 208 Å². The highest BCUT2D eigenvalue weighted by atomic mass is 28.3. The molecule has 0 aliphatic carbocycles. The van der Waals surface area contributed by atoms with Crippen molar-refractivity contribution in [2.24, 2.45) is 0 Å². The predicted molar refractivity (Wildman–Crippen MR) is 273 cm³/mol. The molecule has 0 radical (unpaired) electrons. The molecule has 0 fully saturated rings. The normalized spacial score (nSPS) is 11.8. The Hall–Kier alpha value is -8.32. The molecular formula is C60H41F2N3Si. The van der Waals surface area contributed by atoms with Crippen LogP contribution in [0.1, 0.15) is 0 Å². The van der Waals surface area contributed by atoms with Gasteiger partial charge in [0.2, 0.25) is 0 Å². The van der Waals surface area contributed by atoms with Crippen LogP contribution < -0.4 is 25.6 Å². The zero-order valence-corrected chi connectivity index (χ0v) is 36.8. The Morgan fingerprint density at radius 1 is 0.288 bits per heavy atom. The van der Waals surface area contributed by atoms with Gasteiger partial charge in [-0.1, -0.05) is 140 Å². The maximum atomic E-state index is 14.7. The van der Waals surface area contributed by atoms with Crippen LogP contribution in [0.4, 0.5) is 25.8 Å². The van der Waals surface area contributed by atoms with E-state index in [1.54, 1.807) is 0 Å². The first-order valence-corrected chi connectivity index (χ1v) is 24.2. The molecule has 0 bridgehead atoms. The highest BCUT2D eigenvalue weighted by Crippen LogP contribution is 2.42. The number of halogens is 2. The number of hydrogen-bond donors (Lipinski definition) is 0. The monoisotopic (exact) mass is 869 g/mol. The van der Waals surface area contributed by atoms with Crippen molar-refractivity contribution >= 4 is 89.5 Å². The minimum atomic E-state index is -2.91. The van der Waals surface area contributed by atoms with E-state index >= 15 is 0 Å². The quantitative estimate of drug-likeness (QED) is 0.104. The van der Waals surface area contributed by atoms with Crippen LogP contribution in [-0.2, 0) is 0 Å². The van der Waals surface area contributed by atoms with E-state index < -0.39 is 8.07 Å². The molecule has 12 aromatic rings. The first-order valence-electron chi connectivity index (χ1n) is 22.2. The summed E-state index contributed by atoms with van der Waals surface area (Å²) in [7, 11) is -2.91. The summed E-state index contributed by atoms with van der Waals surface area (Å²) in [6, 6.07) is 85.5. The highest BCUT2D eigenvalue weighted by molar-refractivity contribution is 7.20. The van der Waals surface area contributed by atoms with E-state index in [4.69, 9.17) is 0 Å². The largest absolute Gasteiger partial charge is 0.310 e. The molecule has 0 amide bonds. The molecule has 0 saturated carbocycles. The van der Waals surface area contributed by atoms with Gasteiger partial charge in [0.05, 0.1) is 22.1 Å². The van der Waals surface area contributed by atoms with Crippen molar-refractivity contribution < 1.29 is 8.78 Å². The highest BCUT2D eigenvalue weighted by Gasteiger charge is 2.41. The summed E-state index contributed by atoms with van der Waals surface area (Å²) in [6.07, 6.45) is 0. The van der Waals surface area contributed by atoms with Crippen LogP contribution in [0.15, 0.2) is 249 Å². The summed E-state index contributed by atoms with van der Waals surface area (Å²) in [5, 5.41) is 9.49. The van der Waals surface area contributed by atoms with Crippen molar-refractivity contribution in [2.45, 2.75) is 0 Å². The number of para-hydroxylation sites is 2. The second-order valence-corrected chi connectivity index (χ2v) is 20.6. The van der Waals surface area contributed by atoms with E-state index in [1.807, 2.05) is 30.3 Å². The van der Waals surface area contributed by atoms with E-state index in [1.165, 1.54) is 45.0 Å².